The summed E-state index contributed by atoms with van der Waals surface area (Å²) in [5.74, 6) is -19.6. The van der Waals surface area contributed by atoms with Crippen LogP contribution >= 0.6 is 0 Å². The Morgan fingerprint density at radius 1 is 0.363 bits per heavy atom. The van der Waals surface area contributed by atoms with E-state index in [1.54, 1.807) is 88.4 Å². The fourth-order valence-electron chi connectivity index (χ4n) is 11.5. The number of carboxylic acid groups (broad SMARTS) is 4. The highest BCUT2D eigenvalue weighted by Crippen LogP contribution is 2.17. The van der Waals surface area contributed by atoms with Crippen molar-refractivity contribution in [2.75, 3.05) is 32.7 Å². The van der Waals surface area contributed by atoms with Crippen molar-refractivity contribution in [3.8, 4) is 5.75 Å². The molecule has 0 aliphatic heterocycles. The molecule has 0 saturated carbocycles. The molecule has 0 fully saturated rings. The number of rotatable bonds is 54. The van der Waals surface area contributed by atoms with Crippen LogP contribution in [0.15, 0.2) is 84.9 Å². The smallest absolute Gasteiger partial charge is 0.326 e. The zero-order valence-electron chi connectivity index (χ0n) is 63.7. The van der Waals surface area contributed by atoms with Gasteiger partial charge in [0.1, 0.15) is 72.2 Å². The molecule has 113 heavy (non-hydrogen) atoms. The molecule has 0 aromatic heterocycles. The van der Waals surface area contributed by atoms with Crippen LogP contribution in [0.2, 0.25) is 0 Å². The largest absolute Gasteiger partial charge is 0.508 e. The van der Waals surface area contributed by atoms with Crippen LogP contribution in [0.1, 0.15) is 134 Å². The number of carbonyl (C=O) groups is 16. The number of hydrogen-bond acceptors (Lipinski definition) is 21. The third-order valence-corrected chi connectivity index (χ3v) is 17.2. The van der Waals surface area contributed by atoms with Crippen molar-refractivity contribution < 1.29 is 102 Å². The van der Waals surface area contributed by atoms with Crippen molar-refractivity contribution in [1.82, 2.24) is 69.1 Å². The predicted molar refractivity (Wildman–Crippen MR) is 408 cm³/mol. The van der Waals surface area contributed by atoms with E-state index in [4.69, 9.17) is 28.3 Å². The number of nitrogens with one attached hydrogen (secondary N) is 14. The number of unbranched alkanes of at least 4 members (excludes halogenated alkanes) is 2. The molecule has 0 aliphatic rings. The number of hydrogen-bond donors (Lipinski definition) is 23. The summed E-state index contributed by atoms with van der Waals surface area (Å²) in [6, 6.07) is 4.10. The minimum Gasteiger partial charge on any atom is -0.508 e. The van der Waals surface area contributed by atoms with Crippen LogP contribution in [0.3, 0.4) is 0 Å². The molecule has 3 aromatic rings. The number of phenolic OH excluding ortho intramolecular Hbond substituents is 1. The number of aliphatic carboxylic acids is 4. The summed E-state index contributed by atoms with van der Waals surface area (Å²) in [5, 5.41) is 89.0. The SMILES string of the molecule is CC(C)C[C@H](NC(=O)[C@H](CCCNC(=N)N)NC(=O)[C@H](CC(C)C)NC(=O)[C@H](CC(=O)O)NC(=O)[C@H](Cc1ccccc1)NC(=O)[C@H](Cc1ccc(O)cc1)NC(=O)[C@H](Cc1ccccc1)NC(=O)[C@H](CCC(=O)O)NC(=O)CN)C(=O)N[C@@H](CCCCN)C(=O)NCC(=O)N[C@@H](CC(=O)O)C(=O)N[C@@H](CCCCN)C(=O)O. The summed E-state index contributed by atoms with van der Waals surface area (Å²) >= 11 is 0. The Morgan fingerprint density at radius 2 is 0.699 bits per heavy atom. The van der Waals surface area contributed by atoms with Crippen LogP contribution in [0.4, 0.5) is 0 Å². The van der Waals surface area contributed by atoms with E-state index in [-0.39, 0.29) is 95.5 Å². The number of aromatic hydroxyl groups is 1. The van der Waals surface area contributed by atoms with Gasteiger partial charge in [-0.25, -0.2) is 4.79 Å². The van der Waals surface area contributed by atoms with Gasteiger partial charge in [-0.2, -0.15) is 0 Å². The van der Waals surface area contributed by atoms with Crippen LogP contribution in [0.5, 0.6) is 5.75 Å². The van der Waals surface area contributed by atoms with Crippen molar-refractivity contribution in [2.45, 2.75) is 203 Å². The molecule has 27 N–H and O–H groups in total. The lowest BCUT2D eigenvalue weighted by Crippen LogP contribution is -2.61. The molecule has 0 heterocycles. The van der Waals surface area contributed by atoms with Gasteiger partial charge in [0.2, 0.25) is 70.9 Å². The Hall–Kier alpha value is -11.9. The number of amides is 12. The van der Waals surface area contributed by atoms with E-state index >= 15 is 0 Å². The predicted octanol–water partition coefficient (Wildman–Crippen LogP) is -3.66. The number of carbonyl (C=O) groups excluding carboxylic acids is 12. The lowest BCUT2D eigenvalue weighted by Gasteiger charge is -2.29. The minimum absolute atomic E-state index is 0.0217. The fraction of sp³-hybridized carbons (Fsp3) is 0.527. The molecule has 0 unspecified atom stereocenters. The summed E-state index contributed by atoms with van der Waals surface area (Å²) in [4.78, 5) is 217. The first-order valence-electron chi connectivity index (χ1n) is 37.0. The van der Waals surface area contributed by atoms with E-state index in [9.17, 15) is 102 Å². The molecule has 0 saturated heterocycles. The van der Waals surface area contributed by atoms with Crippen LogP contribution in [0.25, 0.3) is 0 Å². The average molecular weight is 1590 g/mol. The van der Waals surface area contributed by atoms with E-state index < -0.39 is 212 Å². The van der Waals surface area contributed by atoms with E-state index in [0.29, 0.717) is 36.0 Å². The van der Waals surface area contributed by atoms with E-state index in [2.05, 4.69) is 69.1 Å². The maximum absolute atomic E-state index is 14.9. The summed E-state index contributed by atoms with van der Waals surface area (Å²) in [7, 11) is 0. The molecule has 622 valence electrons. The molecule has 3 aromatic carbocycles. The molecule has 12 amide bonds. The van der Waals surface area contributed by atoms with Gasteiger partial charge in [-0.1, -0.05) is 100 Å². The van der Waals surface area contributed by atoms with Crippen molar-refractivity contribution >= 4 is 101 Å². The van der Waals surface area contributed by atoms with Gasteiger partial charge in [0.05, 0.1) is 25.9 Å². The molecular weight excluding hydrogens is 1480 g/mol. The number of phenols is 1. The molecule has 0 bridgehead atoms. The number of nitrogens with two attached hydrogens (primary N) is 4. The summed E-state index contributed by atoms with van der Waals surface area (Å²) < 4.78 is 0. The van der Waals surface area contributed by atoms with Crippen molar-refractivity contribution in [3.05, 3.63) is 102 Å². The fourth-order valence-corrected chi connectivity index (χ4v) is 11.5. The van der Waals surface area contributed by atoms with E-state index in [1.165, 1.54) is 24.3 Å². The van der Waals surface area contributed by atoms with Crippen LogP contribution < -0.4 is 92.1 Å². The molecule has 0 radical (unpaired) electrons. The van der Waals surface area contributed by atoms with Crippen molar-refractivity contribution in [2.24, 2.45) is 34.8 Å². The Kier molecular flexibility index (Phi) is 42.9. The Labute approximate surface area is 653 Å². The number of benzene rings is 3. The summed E-state index contributed by atoms with van der Waals surface area (Å²) in [6.07, 6.45) is -3.29. The first-order chi connectivity index (χ1) is 53.5. The minimum atomic E-state index is -2.02. The van der Waals surface area contributed by atoms with Gasteiger partial charge in [-0.15, -0.1) is 0 Å². The second kappa shape index (κ2) is 50.8. The molecule has 11 atom stereocenters. The quantitative estimate of drug-likeness (QED) is 0.0147. The Balaban J connectivity index is 2.02. The van der Waals surface area contributed by atoms with Crippen LogP contribution in [-0.4, -0.2) is 225 Å². The molecule has 3 rings (SSSR count). The molecule has 39 heteroatoms. The topological polar surface area (TPSA) is 659 Å². The molecule has 39 nitrogen and oxygen atoms in total. The zero-order chi connectivity index (χ0) is 84.3. The highest BCUT2D eigenvalue weighted by molar-refractivity contribution is 6.00. The van der Waals surface area contributed by atoms with E-state index in [1.807, 2.05) is 0 Å². The zero-order valence-corrected chi connectivity index (χ0v) is 63.7. The van der Waals surface area contributed by atoms with Gasteiger partial charge < -0.3 is 118 Å². The van der Waals surface area contributed by atoms with E-state index in [0.717, 1.165) is 0 Å². The van der Waals surface area contributed by atoms with Crippen molar-refractivity contribution in [3.63, 3.8) is 0 Å². The maximum Gasteiger partial charge on any atom is 0.326 e. The standard InChI is InChI=1S/C74H110N18O21/c1-41(2)32-51(66(105)84-47(20-11-13-29-75)63(102)81-40-59(95)83-56(37-61(98)99)71(110)86-50(73(112)113)21-12-14-30-76)87-64(103)48(22-15-31-80-74(78)79)85-67(106)52(33-42(3)4)88-72(111)57(38-62(100)101)92-70(109)54(35-44-18-9-6-10-19-44)90-69(108)55(36-45-23-25-46(93)26-24-45)91-68(107)53(34-43-16-7-5-8-17-43)89-65(104)49(27-28-60(96)97)82-58(94)39-77/h5-10,16-19,23-26,41-42,47-57,93H,11-15,20-22,27-40,75-77H2,1-4H3,(H,81,102)(H,82,94)(H,83,95)(H,84,105)(H,85,106)(H,86,110)(H,87,103)(H,88,111)(H,89,104)(H,90,108)(H,91,107)(H,92,109)(H,96,97)(H,98,99)(H,100,101)(H,112,113)(H4,78,79,80)/t47-,48-,49-,50-,51-,52-,53-,54-,55-,56-,57-/m0/s1. The van der Waals surface area contributed by atoms with Gasteiger partial charge in [-0.05, 0) is 124 Å². The first-order valence-corrected chi connectivity index (χ1v) is 37.0. The van der Waals surface area contributed by atoms with Gasteiger partial charge in [0, 0.05) is 32.2 Å². The number of guanidine groups is 1. The maximum atomic E-state index is 14.9. The van der Waals surface area contributed by atoms with Crippen molar-refractivity contribution in [1.29, 1.82) is 5.41 Å². The lowest BCUT2D eigenvalue weighted by molar-refractivity contribution is -0.144. The molecular formula is C74H110N18O21. The Bertz CT molecular complexity index is 3690. The monoisotopic (exact) mass is 1590 g/mol. The van der Waals surface area contributed by atoms with Gasteiger partial charge in [0.25, 0.3) is 0 Å². The lowest BCUT2D eigenvalue weighted by atomic mass is 9.99. The third kappa shape index (κ3) is 38.1. The van der Waals surface area contributed by atoms with Gasteiger partial charge in [0.15, 0.2) is 5.96 Å². The first kappa shape index (κ1) is 95.3. The highest BCUT2D eigenvalue weighted by Gasteiger charge is 2.38. The third-order valence-electron chi connectivity index (χ3n) is 17.2. The molecule has 0 spiro atoms. The average Bonchev–Trinajstić information content (AvgIpc) is 0.840. The van der Waals surface area contributed by atoms with Crippen LogP contribution in [-0.2, 0) is 96.0 Å². The van der Waals surface area contributed by atoms with Gasteiger partial charge >= 0.3 is 23.9 Å². The molecule has 0 aliphatic carbocycles. The summed E-state index contributed by atoms with van der Waals surface area (Å²) in [6.45, 7) is 5.69. The highest BCUT2D eigenvalue weighted by atomic mass is 16.4. The Morgan fingerprint density at radius 3 is 1.10 bits per heavy atom. The van der Waals surface area contributed by atoms with Crippen LogP contribution in [0, 0.1) is 17.2 Å². The second-order valence-corrected chi connectivity index (χ2v) is 27.7. The normalized spacial score (nSPS) is 13.9. The number of carboxylic acids is 4. The second-order valence-electron chi connectivity index (χ2n) is 27.7. The van der Waals surface area contributed by atoms with Gasteiger partial charge in [-0.3, -0.25) is 77.3 Å². The summed E-state index contributed by atoms with van der Waals surface area (Å²) in [5.41, 5.74) is 23.5.